The van der Waals surface area contributed by atoms with Crippen molar-refractivity contribution < 1.29 is 46.1 Å². The van der Waals surface area contributed by atoms with Crippen LogP contribution in [0.1, 0.15) is 5.56 Å². The van der Waals surface area contributed by atoms with Crippen molar-refractivity contribution in [1.82, 2.24) is 9.29 Å². The van der Waals surface area contributed by atoms with Crippen LogP contribution in [0.25, 0.3) is 0 Å². The first kappa shape index (κ1) is 26.9. The third-order valence-corrected chi connectivity index (χ3v) is 8.71. The number of rotatable bonds is 5. The standard InChI is InChI=1S/C22H22ClF3N4O7S/c23-16-9-12(22(24,25)26)10-17(27-16)28-5-7-29(8-6-28)38(34,35)14-3-1-13(2-4-14)30-20-19(37-21(30)33)18(32)15(11-31)36-20/h1-4,9-10,15,18-20,31-32H,5-8,11H2. The Kier molecular flexibility index (Phi) is 6.94. The molecule has 3 aliphatic heterocycles. The average molecular weight is 579 g/mol. The van der Waals surface area contributed by atoms with E-state index in [0.29, 0.717) is 0 Å². The maximum Gasteiger partial charge on any atom is 0.417 e. The minimum Gasteiger partial charge on any atom is -0.438 e. The second-order valence-electron chi connectivity index (χ2n) is 8.88. The first-order chi connectivity index (χ1) is 17.9. The molecule has 0 spiro atoms. The van der Waals surface area contributed by atoms with Crippen molar-refractivity contribution in [1.29, 1.82) is 0 Å². The van der Waals surface area contributed by atoms with Gasteiger partial charge in [-0.25, -0.2) is 23.1 Å². The summed E-state index contributed by atoms with van der Waals surface area (Å²) >= 11 is 5.77. The zero-order valence-electron chi connectivity index (χ0n) is 19.5. The number of pyridine rings is 1. The van der Waals surface area contributed by atoms with E-state index in [0.717, 1.165) is 17.0 Å². The number of amides is 1. The van der Waals surface area contributed by atoms with E-state index in [9.17, 15) is 36.6 Å². The Morgan fingerprint density at radius 2 is 1.76 bits per heavy atom. The number of fused-ring (bicyclic) bond motifs is 1. The molecule has 11 nitrogen and oxygen atoms in total. The summed E-state index contributed by atoms with van der Waals surface area (Å²) in [6.07, 6.45) is -9.51. The summed E-state index contributed by atoms with van der Waals surface area (Å²) in [5.41, 5.74) is -0.676. The van der Waals surface area contributed by atoms with Crippen molar-refractivity contribution in [2.75, 3.05) is 42.6 Å². The van der Waals surface area contributed by atoms with Gasteiger partial charge in [-0.05, 0) is 36.4 Å². The van der Waals surface area contributed by atoms with Crippen LogP contribution in [0.5, 0.6) is 0 Å². The molecule has 3 saturated heterocycles. The summed E-state index contributed by atoms with van der Waals surface area (Å²) in [6.45, 7) is -0.292. The Bertz CT molecular complexity index is 1320. The lowest BCUT2D eigenvalue weighted by molar-refractivity contribution is -0.137. The average Bonchev–Trinajstić information content (AvgIpc) is 3.37. The Hall–Kier alpha value is -2.69. The summed E-state index contributed by atoms with van der Waals surface area (Å²) in [6, 6.07) is 7.00. The van der Waals surface area contributed by atoms with Gasteiger partial charge in [0, 0.05) is 31.9 Å². The summed E-state index contributed by atoms with van der Waals surface area (Å²) in [5.74, 6) is 0.00437. The number of ether oxygens (including phenoxy) is 2. The normalized spacial score (nSPS) is 26.5. The van der Waals surface area contributed by atoms with Crippen LogP contribution in [0.3, 0.4) is 0 Å². The van der Waals surface area contributed by atoms with Crippen molar-refractivity contribution in [3.8, 4) is 0 Å². The number of alkyl halides is 3. The number of hydrogen-bond donors (Lipinski definition) is 2. The van der Waals surface area contributed by atoms with Gasteiger partial charge in [0.2, 0.25) is 10.0 Å². The van der Waals surface area contributed by atoms with Gasteiger partial charge in [0.15, 0.2) is 12.3 Å². The van der Waals surface area contributed by atoms with Crippen LogP contribution in [0.4, 0.5) is 29.5 Å². The van der Waals surface area contributed by atoms with Crippen LogP contribution in [0.2, 0.25) is 5.15 Å². The van der Waals surface area contributed by atoms with Crippen LogP contribution >= 0.6 is 11.6 Å². The fourth-order valence-corrected chi connectivity index (χ4v) is 6.25. The van der Waals surface area contributed by atoms with Gasteiger partial charge < -0.3 is 24.6 Å². The smallest absolute Gasteiger partial charge is 0.417 e. The van der Waals surface area contributed by atoms with Crippen molar-refractivity contribution in [2.24, 2.45) is 0 Å². The Labute approximate surface area is 220 Å². The number of carbonyl (C=O) groups excluding carboxylic acids is 1. The summed E-state index contributed by atoms with van der Waals surface area (Å²) in [7, 11) is -3.96. The van der Waals surface area contributed by atoms with Gasteiger partial charge in [-0.2, -0.15) is 17.5 Å². The number of piperazine rings is 1. The Morgan fingerprint density at radius 1 is 1.11 bits per heavy atom. The van der Waals surface area contributed by atoms with E-state index < -0.39 is 59.0 Å². The second-order valence-corrected chi connectivity index (χ2v) is 11.2. The molecule has 2 aromatic rings. The van der Waals surface area contributed by atoms with Crippen LogP contribution in [-0.4, -0.2) is 91.3 Å². The predicted molar refractivity (Wildman–Crippen MR) is 126 cm³/mol. The summed E-state index contributed by atoms with van der Waals surface area (Å²) in [4.78, 5) is 18.9. The van der Waals surface area contributed by atoms with Crippen LogP contribution in [-0.2, 0) is 25.7 Å². The molecule has 16 heteroatoms. The third kappa shape index (κ3) is 4.78. The molecular weight excluding hydrogens is 557 g/mol. The first-order valence-corrected chi connectivity index (χ1v) is 13.3. The molecule has 206 valence electrons. The quantitative estimate of drug-likeness (QED) is 0.508. The highest BCUT2D eigenvalue weighted by Crippen LogP contribution is 2.37. The van der Waals surface area contributed by atoms with Crippen molar-refractivity contribution in [3.63, 3.8) is 0 Å². The molecule has 3 fully saturated rings. The van der Waals surface area contributed by atoms with Crippen LogP contribution in [0, 0.1) is 0 Å². The van der Waals surface area contributed by atoms with Crippen molar-refractivity contribution >= 4 is 39.2 Å². The van der Waals surface area contributed by atoms with E-state index in [1.807, 2.05) is 0 Å². The molecule has 4 heterocycles. The number of anilines is 2. The molecule has 2 N–H and O–H groups in total. The second kappa shape index (κ2) is 9.81. The zero-order valence-corrected chi connectivity index (χ0v) is 21.0. The Balaban J connectivity index is 1.28. The number of carbonyl (C=O) groups is 1. The zero-order chi connectivity index (χ0) is 27.4. The molecular formula is C22H22ClF3N4O7S. The molecule has 3 aliphatic rings. The molecule has 4 atom stereocenters. The molecule has 0 saturated carbocycles. The molecule has 1 aromatic heterocycles. The number of halogens is 4. The lowest BCUT2D eigenvalue weighted by Crippen LogP contribution is -2.49. The first-order valence-electron chi connectivity index (χ1n) is 11.4. The van der Waals surface area contributed by atoms with E-state index in [1.54, 1.807) is 0 Å². The minimum atomic E-state index is -4.60. The topological polar surface area (TPSA) is 133 Å². The summed E-state index contributed by atoms with van der Waals surface area (Å²) < 4.78 is 77.7. The molecule has 38 heavy (non-hydrogen) atoms. The van der Waals surface area contributed by atoms with Gasteiger partial charge in [0.25, 0.3) is 0 Å². The molecule has 5 rings (SSSR count). The van der Waals surface area contributed by atoms with E-state index in [2.05, 4.69) is 4.98 Å². The number of hydrogen-bond acceptors (Lipinski definition) is 9. The van der Waals surface area contributed by atoms with Crippen molar-refractivity contribution in [3.05, 3.63) is 47.1 Å². The van der Waals surface area contributed by atoms with Gasteiger partial charge in [-0.15, -0.1) is 0 Å². The molecule has 0 radical (unpaired) electrons. The van der Waals surface area contributed by atoms with Gasteiger partial charge in [-0.1, -0.05) is 11.6 Å². The number of aliphatic hydroxyl groups excluding tert-OH is 2. The minimum absolute atomic E-state index is 0.00386. The SMILES string of the molecule is O=C1OC2C(O)C(CO)OC2N1c1ccc(S(=O)(=O)N2CCN(c3cc(C(F)(F)F)cc(Cl)n3)CC2)cc1. The van der Waals surface area contributed by atoms with E-state index in [4.69, 9.17) is 21.1 Å². The highest BCUT2D eigenvalue weighted by molar-refractivity contribution is 7.89. The predicted octanol–water partition coefficient (Wildman–Crippen LogP) is 1.67. The lowest BCUT2D eigenvalue weighted by atomic mass is 10.1. The van der Waals surface area contributed by atoms with Gasteiger partial charge >= 0.3 is 12.3 Å². The monoisotopic (exact) mass is 578 g/mol. The molecule has 1 aromatic carbocycles. The fourth-order valence-electron chi connectivity index (χ4n) is 4.63. The molecule has 0 bridgehead atoms. The van der Waals surface area contributed by atoms with Crippen LogP contribution < -0.4 is 9.80 Å². The Morgan fingerprint density at radius 3 is 2.37 bits per heavy atom. The number of aliphatic hydroxyl groups is 2. The van der Waals surface area contributed by atoms with E-state index >= 15 is 0 Å². The number of benzene rings is 1. The van der Waals surface area contributed by atoms with Gasteiger partial charge in [0.05, 0.1) is 17.1 Å². The highest BCUT2D eigenvalue weighted by atomic mass is 35.5. The molecule has 4 unspecified atom stereocenters. The lowest BCUT2D eigenvalue weighted by Gasteiger charge is -2.35. The number of nitrogens with zero attached hydrogens (tertiary/aromatic N) is 4. The summed E-state index contributed by atoms with van der Waals surface area (Å²) in [5, 5.41) is 19.2. The van der Waals surface area contributed by atoms with E-state index in [1.165, 1.54) is 33.5 Å². The van der Waals surface area contributed by atoms with Gasteiger partial charge in [-0.3, -0.25) is 0 Å². The maximum absolute atomic E-state index is 13.2. The number of sulfonamides is 1. The largest absolute Gasteiger partial charge is 0.438 e. The van der Waals surface area contributed by atoms with E-state index in [-0.39, 0.29) is 47.7 Å². The number of aromatic nitrogens is 1. The fraction of sp³-hybridized carbons (Fsp3) is 0.455. The van der Waals surface area contributed by atoms with Crippen LogP contribution in [0.15, 0.2) is 41.3 Å². The van der Waals surface area contributed by atoms with Gasteiger partial charge in [0.1, 0.15) is 23.2 Å². The maximum atomic E-state index is 13.2. The third-order valence-electron chi connectivity index (χ3n) is 6.60. The molecule has 1 amide bonds. The highest BCUT2D eigenvalue weighted by Gasteiger charge is 2.55. The molecule has 0 aliphatic carbocycles. The van der Waals surface area contributed by atoms with Crippen molar-refractivity contribution in [2.45, 2.75) is 35.6 Å².